The first kappa shape index (κ1) is 12.0. The number of rotatable bonds is 5. The van der Waals surface area contributed by atoms with Crippen molar-refractivity contribution < 1.29 is 0 Å². The summed E-state index contributed by atoms with van der Waals surface area (Å²) in [4.78, 5) is 0. The number of hydrogen-bond donors (Lipinski definition) is 1. The molecule has 1 aromatic heterocycles. The average molecular weight is 207 g/mol. The predicted molar refractivity (Wildman–Crippen MR) is 63.8 cm³/mol. The standard InChI is InChI=1S/C12H21N3/c1-6-10(4)14-11(5)12-7-13-15(8-12)9(2)3/h6-11,14H,1H2,2-5H3. The first-order valence-corrected chi connectivity index (χ1v) is 5.47. The van der Waals surface area contributed by atoms with Gasteiger partial charge >= 0.3 is 0 Å². The van der Waals surface area contributed by atoms with Gasteiger partial charge in [0.25, 0.3) is 0 Å². The van der Waals surface area contributed by atoms with E-state index in [2.05, 4.69) is 50.9 Å². The largest absolute Gasteiger partial charge is 0.304 e. The molecule has 0 saturated carbocycles. The first-order chi connectivity index (χ1) is 7.04. The van der Waals surface area contributed by atoms with Crippen LogP contribution in [0.1, 0.15) is 45.3 Å². The van der Waals surface area contributed by atoms with Gasteiger partial charge in [0.15, 0.2) is 0 Å². The van der Waals surface area contributed by atoms with Crippen molar-refractivity contribution in [3.05, 3.63) is 30.6 Å². The summed E-state index contributed by atoms with van der Waals surface area (Å²) in [5.74, 6) is 0. The lowest BCUT2D eigenvalue weighted by molar-refractivity contribution is 0.522. The third kappa shape index (κ3) is 3.20. The highest BCUT2D eigenvalue weighted by atomic mass is 15.3. The first-order valence-electron chi connectivity index (χ1n) is 5.47. The van der Waals surface area contributed by atoms with Crippen molar-refractivity contribution in [2.24, 2.45) is 0 Å². The van der Waals surface area contributed by atoms with Crippen molar-refractivity contribution in [2.45, 2.75) is 45.8 Å². The molecule has 0 radical (unpaired) electrons. The zero-order valence-electron chi connectivity index (χ0n) is 10.1. The number of hydrogen-bond acceptors (Lipinski definition) is 2. The molecule has 2 atom stereocenters. The summed E-state index contributed by atoms with van der Waals surface area (Å²) >= 11 is 0. The maximum Gasteiger partial charge on any atom is 0.0537 e. The Balaban J connectivity index is 2.65. The van der Waals surface area contributed by atoms with E-state index in [9.17, 15) is 0 Å². The molecule has 0 aromatic carbocycles. The Hall–Kier alpha value is -1.09. The quantitative estimate of drug-likeness (QED) is 0.752. The maximum absolute atomic E-state index is 4.32. The Morgan fingerprint density at radius 2 is 2.07 bits per heavy atom. The molecule has 84 valence electrons. The van der Waals surface area contributed by atoms with Crippen molar-refractivity contribution in [1.29, 1.82) is 0 Å². The zero-order valence-corrected chi connectivity index (χ0v) is 10.1. The van der Waals surface area contributed by atoms with E-state index in [0.29, 0.717) is 18.1 Å². The highest BCUT2D eigenvalue weighted by Gasteiger charge is 2.10. The van der Waals surface area contributed by atoms with E-state index in [1.54, 1.807) is 0 Å². The van der Waals surface area contributed by atoms with Gasteiger partial charge in [-0.25, -0.2) is 0 Å². The van der Waals surface area contributed by atoms with Crippen LogP contribution in [0.4, 0.5) is 0 Å². The van der Waals surface area contributed by atoms with Gasteiger partial charge in [0.05, 0.1) is 6.20 Å². The van der Waals surface area contributed by atoms with Crippen LogP contribution in [0.15, 0.2) is 25.0 Å². The third-order valence-electron chi connectivity index (χ3n) is 2.52. The van der Waals surface area contributed by atoms with Gasteiger partial charge in [0, 0.05) is 29.9 Å². The Kier molecular flexibility index (Phi) is 4.09. The van der Waals surface area contributed by atoms with Crippen LogP contribution in [0.5, 0.6) is 0 Å². The summed E-state index contributed by atoms with van der Waals surface area (Å²) in [6.07, 6.45) is 5.93. The fourth-order valence-corrected chi connectivity index (χ4v) is 1.42. The van der Waals surface area contributed by atoms with E-state index in [4.69, 9.17) is 0 Å². The highest BCUT2D eigenvalue weighted by Crippen LogP contribution is 2.14. The molecule has 1 heterocycles. The molecule has 0 amide bonds. The molecule has 0 bridgehead atoms. The summed E-state index contributed by atoms with van der Waals surface area (Å²) in [7, 11) is 0. The Morgan fingerprint density at radius 1 is 1.40 bits per heavy atom. The van der Waals surface area contributed by atoms with E-state index < -0.39 is 0 Å². The molecule has 1 rings (SSSR count). The monoisotopic (exact) mass is 207 g/mol. The fraction of sp³-hybridized carbons (Fsp3) is 0.583. The van der Waals surface area contributed by atoms with Crippen molar-refractivity contribution in [3.63, 3.8) is 0 Å². The molecule has 1 N–H and O–H groups in total. The van der Waals surface area contributed by atoms with Crippen molar-refractivity contribution >= 4 is 0 Å². The molecular formula is C12H21N3. The van der Waals surface area contributed by atoms with Gasteiger partial charge in [0.1, 0.15) is 0 Å². The smallest absolute Gasteiger partial charge is 0.0537 e. The minimum absolute atomic E-state index is 0.311. The van der Waals surface area contributed by atoms with Gasteiger partial charge in [-0.1, -0.05) is 6.08 Å². The van der Waals surface area contributed by atoms with Crippen molar-refractivity contribution in [1.82, 2.24) is 15.1 Å². The van der Waals surface area contributed by atoms with Crippen LogP contribution in [0.25, 0.3) is 0 Å². The second-order valence-corrected chi connectivity index (χ2v) is 4.26. The minimum atomic E-state index is 0.311. The second kappa shape index (κ2) is 5.12. The van der Waals surface area contributed by atoms with Gasteiger partial charge < -0.3 is 5.32 Å². The van der Waals surface area contributed by atoms with Gasteiger partial charge in [-0.05, 0) is 27.7 Å². The molecular weight excluding hydrogens is 186 g/mol. The van der Waals surface area contributed by atoms with Crippen LogP contribution in [0.2, 0.25) is 0 Å². The highest BCUT2D eigenvalue weighted by molar-refractivity contribution is 5.10. The summed E-state index contributed by atoms with van der Waals surface area (Å²) in [6, 6.07) is 1.05. The summed E-state index contributed by atoms with van der Waals surface area (Å²) < 4.78 is 1.98. The van der Waals surface area contributed by atoms with E-state index in [-0.39, 0.29) is 0 Å². The molecule has 1 aromatic rings. The van der Waals surface area contributed by atoms with Crippen molar-refractivity contribution in [3.8, 4) is 0 Å². The van der Waals surface area contributed by atoms with Crippen molar-refractivity contribution in [2.75, 3.05) is 0 Å². The number of nitrogens with one attached hydrogen (secondary N) is 1. The topological polar surface area (TPSA) is 29.9 Å². The summed E-state index contributed by atoms with van der Waals surface area (Å²) in [6.45, 7) is 12.2. The zero-order chi connectivity index (χ0) is 11.4. The predicted octanol–water partition coefficient (Wildman–Crippen LogP) is 2.69. The van der Waals surface area contributed by atoms with Crippen LogP contribution in [-0.4, -0.2) is 15.8 Å². The van der Waals surface area contributed by atoms with Crippen LogP contribution in [0.3, 0.4) is 0 Å². The average Bonchev–Trinajstić information content (AvgIpc) is 2.66. The maximum atomic E-state index is 4.32. The molecule has 3 nitrogen and oxygen atoms in total. The lowest BCUT2D eigenvalue weighted by atomic mass is 10.1. The van der Waals surface area contributed by atoms with Gasteiger partial charge in [-0.3, -0.25) is 4.68 Å². The summed E-state index contributed by atoms with van der Waals surface area (Å²) in [5, 5.41) is 7.75. The lowest BCUT2D eigenvalue weighted by Crippen LogP contribution is -2.26. The van der Waals surface area contributed by atoms with Crippen LogP contribution in [0, 0.1) is 0 Å². The molecule has 3 heteroatoms. The Labute approximate surface area is 92.2 Å². The molecule has 0 spiro atoms. The molecule has 0 fully saturated rings. The fourth-order valence-electron chi connectivity index (χ4n) is 1.42. The van der Waals surface area contributed by atoms with E-state index >= 15 is 0 Å². The van der Waals surface area contributed by atoms with E-state index in [0.717, 1.165) is 0 Å². The van der Waals surface area contributed by atoms with Gasteiger partial charge in [-0.2, -0.15) is 5.10 Å². The minimum Gasteiger partial charge on any atom is -0.304 e. The Bertz CT molecular complexity index is 314. The molecule has 0 aliphatic rings. The number of nitrogens with zero attached hydrogens (tertiary/aromatic N) is 2. The van der Waals surface area contributed by atoms with Gasteiger partial charge in [-0.15, -0.1) is 6.58 Å². The Morgan fingerprint density at radius 3 is 2.53 bits per heavy atom. The van der Waals surface area contributed by atoms with Crippen LogP contribution < -0.4 is 5.32 Å². The van der Waals surface area contributed by atoms with E-state index in [1.807, 2.05) is 17.0 Å². The number of aromatic nitrogens is 2. The lowest BCUT2D eigenvalue weighted by Gasteiger charge is -2.15. The summed E-state index contributed by atoms with van der Waals surface area (Å²) in [5.41, 5.74) is 1.22. The SMILES string of the molecule is C=CC(C)NC(C)c1cnn(C(C)C)c1. The molecule has 2 unspecified atom stereocenters. The van der Waals surface area contributed by atoms with Gasteiger partial charge in [0.2, 0.25) is 0 Å². The van der Waals surface area contributed by atoms with E-state index in [1.165, 1.54) is 5.56 Å². The second-order valence-electron chi connectivity index (χ2n) is 4.26. The third-order valence-corrected chi connectivity index (χ3v) is 2.52. The molecule has 0 aliphatic heterocycles. The molecule has 0 aliphatic carbocycles. The normalized spacial score (nSPS) is 15.3. The van der Waals surface area contributed by atoms with Crippen LogP contribution in [-0.2, 0) is 0 Å². The molecule has 0 saturated heterocycles. The van der Waals surface area contributed by atoms with Crippen LogP contribution >= 0.6 is 0 Å². The molecule has 15 heavy (non-hydrogen) atoms.